The number of esters is 1. The van der Waals surface area contributed by atoms with Crippen LogP contribution in [0.5, 0.6) is 5.75 Å². The number of unbranched alkanes of at least 4 members (excludes halogenated alkanes) is 3. The zero-order chi connectivity index (χ0) is 32.6. The van der Waals surface area contributed by atoms with E-state index in [4.69, 9.17) is 37.7 Å². The third kappa shape index (κ3) is 8.80. The lowest BCUT2D eigenvalue weighted by Gasteiger charge is -2.30. The van der Waals surface area contributed by atoms with Crippen LogP contribution in [0.2, 0.25) is 10.0 Å². The SMILES string of the molecule is CCOc1cc(C(C)(C)C)ccc1C1=NC(c2ccc(Cl)cc2)C(c2ccc(Cl)cc2)N1C(=O)NCCCCCCC(=O)OC. The van der Waals surface area contributed by atoms with Crippen molar-refractivity contribution in [2.24, 2.45) is 4.99 Å². The summed E-state index contributed by atoms with van der Waals surface area (Å²) in [6.07, 6.45) is 3.71. The summed E-state index contributed by atoms with van der Waals surface area (Å²) >= 11 is 12.5. The van der Waals surface area contributed by atoms with Gasteiger partial charge in [0.05, 0.1) is 25.3 Å². The van der Waals surface area contributed by atoms with Gasteiger partial charge in [0.15, 0.2) is 0 Å². The van der Waals surface area contributed by atoms with Gasteiger partial charge < -0.3 is 14.8 Å². The Bertz CT molecular complexity index is 1480. The van der Waals surface area contributed by atoms with E-state index in [0.717, 1.165) is 47.9 Å². The Hall–Kier alpha value is -3.55. The minimum absolute atomic E-state index is 0.0898. The molecule has 4 rings (SSSR count). The predicted octanol–water partition coefficient (Wildman–Crippen LogP) is 9.07. The normalized spacial score (nSPS) is 16.3. The van der Waals surface area contributed by atoms with E-state index in [9.17, 15) is 9.59 Å². The number of hydrogen-bond donors (Lipinski definition) is 1. The molecule has 0 radical (unpaired) electrons. The third-order valence-electron chi connectivity index (χ3n) is 7.91. The largest absolute Gasteiger partial charge is 0.493 e. The first-order chi connectivity index (χ1) is 21.5. The molecule has 2 unspecified atom stereocenters. The van der Waals surface area contributed by atoms with Crippen LogP contribution in [-0.2, 0) is 14.9 Å². The molecule has 0 aromatic heterocycles. The number of urea groups is 1. The maximum absolute atomic E-state index is 14.2. The van der Waals surface area contributed by atoms with Gasteiger partial charge in [-0.2, -0.15) is 0 Å². The number of benzene rings is 3. The minimum atomic E-state index is -0.449. The Balaban J connectivity index is 1.72. The van der Waals surface area contributed by atoms with E-state index in [1.54, 1.807) is 4.90 Å². The van der Waals surface area contributed by atoms with Crippen molar-refractivity contribution in [2.75, 3.05) is 20.3 Å². The summed E-state index contributed by atoms with van der Waals surface area (Å²) < 4.78 is 10.9. The zero-order valence-corrected chi connectivity index (χ0v) is 28.3. The topological polar surface area (TPSA) is 80.2 Å². The summed E-state index contributed by atoms with van der Waals surface area (Å²) in [4.78, 5) is 32.6. The highest BCUT2D eigenvalue weighted by Crippen LogP contribution is 2.45. The molecule has 0 fully saturated rings. The fourth-order valence-corrected chi connectivity index (χ4v) is 5.70. The van der Waals surface area contributed by atoms with Gasteiger partial charge in [-0.1, -0.05) is 87.1 Å². The molecule has 0 bridgehead atoms. The second-order valence-electron chi connectivity index (χ2n) is 12.2. The zero-order valence-electron chi connectivity index (χ0n) is 26.7. The Morgan fingerprint density at radius 1 is 0.889 bits per heavy atom. The number of carbonyl (C=O) groups is 2. The number of aliphatic imine (C=N–C) groups is 1. The quantitative estimate of drug-likeness (QED) is 0.156. The van der Waals surface area contributed by atoms with Crippen LogP contribution in [0.3, 0.4) is 0 Å². The number of amidine groups is 1. The van der Waals surface area contributed by atoms with Gasteiger partial charge in [-0.15, -0.1) is 0 Å². The van der Waals surface area contributed by atoms with E-state index in [1.165, 1.54) is 7.11 Å². The van der Waals surface area contributed by atoms with Crippen LogP contribution >= 0.6 is 23.2 Å². The predicted molar refractivity (Wildman–Crippen MR) is 182 cm³/mol. The van der Waals surface area contributed by atoms with Gasteiger partial charge in [-0.3, -0.25) is 14.7 Å². The molecule has 1 aliphatic rings. The average molecular weight is 653 g/mol. The summed E-state index contributed by atoms with van der Waals surface area (Å²) in [5.41, 5.74) is 3.62. The fourth-order valence-electron chi connectivity index (χ4n) is 5.45. The van der Waals surface area contributed by atoms with E-state index in [1.807, 2.05) is 61.5 Å². The van der Waals surface area contributed by atoms with Gasteiger partial charge >= 0.3 is 12.0 Å². The number of ether oxygens (including phenoxy) is 2. The Labute approximate surface area is 276 Å². The van der Waals surface area contributed by atoms with Crippen LogP contribution in [0.1, 0.15) is 94.1 Å². The summed E-state index contributed by atoms with van der Waals surface area (Å²) in [5.74, 6) is 1.02. The van der Waals surface area contributed by atoms with Gasteiger partial charge in [-0.05, 0) is 78.3 Å². The maximum Gasteiger partial charge on any atom is 0.323 e. The molecule has 3 aromatic carbocycles. The summed E-state index contributed by atoms with van der Waals surface area (Å²) in [5, 5.41) is 4.38. The first-order valence-electron chi connectivity index (χ1n) is 15.5. The Morgan fingerprint density at radius 3 is 2.11 bits per heavy atom. The van der Waals surface area contributed by atoms with Crippen molar-refractivity contribution in [2.45, 2.75) is 77.3 Å². The first-order valence-corrected chi connectivity index (χ1v) is 16.3. The summed E-state index contributed by atoms with van der Waals surface area (Å²) in [6.45, 7) is 9.39. The lowest BCUT2D eigenvalue weighted by Crippen LogP contribution is -2.44. The highest BCUT2D eigenvalue weighted by atomic mass is 35.5. The molecule has 1 N–H and O–H groups in total. The molecule has 0 saturated heterocycles. The Morgan fingerprint density at radius 2 is 1.51 bits per heavy atom. The molecule has 45 heavy (non-hydrogen) atoms. The van der Waals surface area contributed by atoms with Crippen LogP contribution in [-0.4, -0.2) is 43.0 Å². The fraction of sp³-hybridized carbons (Fsp3) is 0.417. The number of nitrogens with zero attached hydrogens (tertiary/aromatic N) is 2. The van der Waals surface area contributed by atoms with Crippen LogP contribution < -0.4 is 10.1 Å². The van der Waals surface area contributed by atoms with Crippen LogP contribution in [0, 0.1) is 0 Å². The van der Waals surface area contributed by atoms with Gasteiger partial charge in [0.2, 0.25) is 0 Å². The number of carbonyl (C=O) groups excluding carboxylic acids is 2. The molecule has 2 amide bonds. The molecule has 9 heteroatoms. The number of methoxy groups -OCH3 is 1. The lowest BCUT2D eigenvalue weighted by atomic mass is 9.86. The van der Waals surface area contributed by atoms with Crippen molar-refractivity contribution >= 4 is 41.0 Å². The average Bonchev–Trinajstić information content (AvgIpc) is 3.41. The molecule has 1 heterocycles. The van der Waals surface area contributed by atoms with Crippen molar-refractivity contribution in [3.05, 3.63) is 99.0 Å². The minimum Gasteiger partial charge on any atom is -0.493 e. The number of amides is 2. The molecule has 3 aromatic rings. The van der Waals surface area contributed by atoms with E-state index < -0.39 is 12.1 Å². The van der Waals surface area contributed by atoms with Crippen LogP contribution in [0.25, 0.3) is 0 Å². The molecule has 0 saturated carbocycles. The van der Waals surface area contributed by atoms with Crippen LogP contribution in [0.4, 0.5) is 4.79 Å². The van der Waals surface area contributed by atoms with Crippen molar-refractivity contribution in [1.82, 2.24) is 10.2 Å². The highest BCUT2D eigenvalue weighted by molar-refractivity contribution is 6.30. The van der Waals surface area contributed by atoms with E-state index in [2.05, 4.69) is 38.2 Å². The monoisotopic (exact) mass is 651 g/mol. The molecule has 7 nitrogen and oxygen atoms in total. The molecule has 0 aliphatic carbocycles. The van der Waals surface area contributed by atoms with Crippen molar-refractivity contribution < 1.29 is 19.1 Å². The van der Waals surface area contributed by atoms with Gasteiger partial charge in [0.1, 0.15) is 17.6 Å². The lowest BCUT2D eigenvalue weighted by molar-refractivity contribution is -0.140. The number of hydrogen-bond acceptors (Lipinski definition) is 5. The third-order valence-corrected chi connectivity index (χ3v) is 8.41. The molecule has 2 atom stereocenters. The van der Waals surface area contributed by atoms with Crippen molar-refractivity contribution in [3.63, 3.8) is 0 Å². The van der Waals surface area contributed by atoms with E-state index in [0.29, 0.717) is 41.2 Å². The van der Waals surface area contributed by atoms with Gasteiger partial charge in [0.25, 0.3) is 0 Å². The van der Waals surface area contributed by atoms with Crippen molar-refractivity contribution in [1.29, 1.82) is 0 Å². The summed E-state index contributed by atoms with van der Waals surface area (Å²) in [6, 6.07) is 20.2. The van der Waals surface area contributed by atoms with Crippen molar-refractivity contribution in [3.8, 4) is 5.75 Å². The second-order valence-corrected chi connectivity index (χ2v) is 13.1. The van der Waals surface area contributed by atoms with Gasteiger partial charge in [0, 0.05) is 23.0 Å². The molecular weight excluding hydrogens is 609 g/mol. The first kappa shape index (κ1) is 34.3. The van der Waals surface area contributed by atoms with E-state index >= 15 is 0 Å². The number of halogens is 2. The molecular formula is C36H43Cl2N3O4. The molecule has 0 spiro atoms. The highest BCUT2D eigenvalue weighted by Gasteiger charge is 2.43. The number of rotatable bonds is 12. The van der Waals surface area contributed by atoms with Crippen LogP contribution in [0.15, 0.2) is 71.7 Å². The second kappa shape index (κ2) is 15.6. The summed E-state index contributed by atoms with van der Waals surface area (Å²) in [7, 11) is 1.40. The standard InChI is InChI=1S/C36H43Cl2N3O4/c1-6-45-30-23-26(36(2,3)4)16-21-29(30)34-40-32(24-12-17-27(37)18-13-24)33(25-14-19-28(38)20-15-25)41(34)35(43)39-22-10-8-7-9-11-31(42)44-5/h12-21,23,32-33H,6-11,22H2,1-5H3,(H,39,43). The van der Waals surface area contributed by atoms with Gasteiger partial charge in [-0.25, -0.2) is 4.79 Å². The number of nitrogens with one attached hydrogen (secondary N) is 1. The molecule has 240 valence electrons. The Kier molecular flexibility index (Phi) is 11.9. The van der Waals surface area contributed by atoms with E-state index in [-0.39, 0.29) is 17.4 Å². The molecule has 1 aliphatic heterocycles. The smallest absolute Gasteiger partial charge is 0.323 e. The maximum atomic E-state index is 14.2.